The molecule has 0 aromatic rings. The third-order valence-corrected chi connectivity index (χ3v) is 2.30. The molecule has 0 heterocycles. The molecule has 10 heavy (non-hydrogen) atoms. The second kappa shape index (κ2) is 3.41. The van der Waals surface area contributed by atoms with Crippen LogP contribution in [0.2, 0.25) is 0 Å². The maximum atomic E-state index is 8.03. The SMILES string of the molecule is [2H]C([2H])(C)C([2H])([2H])C1(C([2H])([2H])C)CCCC1. The molecule has 0 aromatic heterocycles. The van der Waals surface area contributed by atoms with Gasteiger partial charge in [0.1, 0.15) is 0 Å². The molecule has 1 fully saturated rings. The molecule has 60 valence electrons. The Hall–Kier alpha value is 0. The van der Waals surface area contributed by atoms with Crippen molar-refractivity contribution in [3.8, 4) is 0 Å². The van der Waals surface area contributed by atoms with Crippen molar-refractivity contribution in [1.29, 1.82) is 0 Å². The molecule has 1 rings (SSSR count). The maximum absolute atomic E-state index is 8.03. The van der Waals surface area contributed by atoms with Crippen LogP contribution in [0.15, 0.2) is 0 Å². The van der Waals surface area contributed by atoms with E-state index in [0.717, 1.165) is 12.8 Å². The average molecular weight is 146 g/mol. The lowest BCUT2D eigenvalue weighted by Gasteiger charge is -2.26. The highest BCUT2D eigenvalue weighted by molar-refractivity contribution is 4.82. The van der Waals surface area contributed by atoms with E-state index in [1.165, 1.54) is 13.8 Å². The molecular formula is C10H20. The van der Waals surface area contributed by atoms with E-state index in [-0.39, 0.29) is 0 Å². The van der Waals surface area contributed by atoms with Crippen molar-refractivity contribution in [2.75, 3.05) is 0 Å². The van der Waals surface area contributed by atoms with Crippen molar-refractivity contribution in [2.24, 2.45) is 5.41 Å². The van der Waals surface area contributed by atoms with E-state index in [1.54, 1.807) is 0 Å². The largest absolute Gasteiger partial charge is 0.0654 e. The number of hydrogen-bond donors (Lipinski definition) is 0. The van der Waals surface area contributed by atoms with E-state index >= 15 is 0 Å². The summed E-state index contributed by atoms with van der Waals surface area (Å²) in [6.07, 6.45) is -3.45. The first kappa shape index (κ1) is 3.16. The van der Waals surface area contributed by atoms with Gasteiger partial charge in [-0.05, 0) is 24.6 Å². The Morgan fingerprint density at radius 1 is 1.30 bits per heavy atom. The highest BCUT2D eigenvalue weighted by atomic mass is 14.4. The molecule has 0 N–H and O–H groups in total. The molecule has 0 radical (unpaired) electrons. The van der Waals surface area contributed by atoms with Crippen molar-refractivity contribution in [3.63, 3.8) is 0 Å². The quantitative estimate of drug-likeness (QED) is 0.568. The van der Waals surface area contributed by atoms with Crippen LogP contribution in [0, 0.1) is 5.41 Å². The summed E-state index contributed by atoms with van der Waals surface area (Å²) in [4.78, 5) is 0. The van der Waals surface area contributed by atoms with Gasteiger partial charge < -0.3 is 0 Å². The Morgan fingerprint density at radius 2 is 1.90 bits per heavy atom. The number of hydrogen-bond acceptors (Lipinski definition) is 0. The predicted molar refractivity (Wildman–Crippen MR) is 46.1 cm³/mol. The van der Waals surface area contributed by atoms with Crippen molar-refractivity contribution in [1.82, 2.24) is 0 Å². The molecular weight excluding hydrogens is 120 g/mol. The molecule has 0 bridgehead atoms. The molecule has 0 amide bonds. The lowest BCUT2D eigenvalue weighted by Crippen LogP contribution is -2.13. The fourth-order valence-electron chi connectivity index (χ4n) is 1.66. The molecule has 0 aromatic carbocycles. The van der Waals surface area contributed by atoms with Crippen LogP contribution >= 0.6 is 0 Å². The first-order valence-corrected chi connectivity index (χ1v) is 3.96. The second-order valence-electron chi connectivity index (χ2n) is 2.91. The third-order valence-electron chi connectivity index (χ3n) is 2.30. The van der Waals surface area contributed by atoms with Crippen molar-refractivity contribution in [2.45, 2.75) is 58.6 Å². The molecule has 0 spiro atoms. The van der Waals surface area contributed by atoms with Crippen LogP contribution in [-0.2, 0) is 0 Å². The molecule has 0 unspecified atom stereocenters. The van der Waals surface area contributed by atoms with Crippen LogP contribution in [0.3, 0.4) is 0 Å². The van der Waals surface area contributed by atoms with Crippen molar-refractivity contribution < 1.29 is 8.22 Å². The standard InChI is InChI=1S/C10H20/c1-3-7-10(4-2)8-5-6-9-10/h3-9H2,1-2H3/i3D2,4D2,7D2. The molecule has 0 heteroatoms. The topological polar surface area (TPSA) is 0 Å². The molecule has 1 saturated carbocycles. The van der Waals surface area contributed by atoms with Crippen molar-refractivity contribution in [3.05, 3.63) is 0 Å². The lowest BCUT2D eigenvalue weighted by atomic mass is 9.79. The van der Waals surface area contributed by atoms with E-state index in [0.29, 0.717) is 12.8 Å². The normalized spacial score (nSPS) is 36.6. The average Bonchev–Trinajstić information content (AvgIpc) is 2.48. The second-order valence-corrected chi connectivity index (χ2v) is 2.91. The summed E-state index contributed by atoms with van der Waals surface area (Å²) in [5.74, 6) is 0. The number of rotatable bonds is 3. The summed E-state index contributed by atoms with van der Waals surface area (Å²) >= 11 is 0. The van der Waals surface area contributed by atoms with Gasteiger partial charge in [-0.25, -0.2) is 0 Å². The monoisotopic (exact) mass is 146 g/mol. The van der Waals surface area contributed by atoms with Gasteiger partial charge in [0.05, 0.1) is 0 Å². The summed E-state index contributed by atoms with van der Waals surface area (Å²) in [6, 6.07) is 0. The zero-order valence-electron chi connectivity index (χ0n) is 12.8. The summed E-state index contributed by atoms with van der Waals surface area (Å²) in [7, 11) is 0. The fourth-order valence-corrected chi connectivity index (χ4v) is 1.66. The van der Waals surface area contributed by atoms with E-state index in [9.17, 15) is 0 Å². The summed E-state index contributed by atoms with van der Waals surface area (Å²) in [5.41, 5.74) is -1.20. The molecule has 0 atom stereocenters. The fraction of sp³-hybridized carbons (Fsp3) is 1.00. The Morgan fingerprint density at radius 3 is 2.30 bits per heavy atom. The van der Waals surface area contributed by atoms with Crippen LogP contribution in [0.4, 0.5) is 0 Å². The minimum atomic E-state index is -2.14. The van der Waals surface area contributed by atoms with Crippen LogP contribution in [-0.4, -0.2) is 0 Å². The van der Waals surface area contributed by atoms with Crippen molar-refractivity contribution >= 4 is 0 Å². The maximum Gasteiger partial charge on any atom is 0.0272 e. The summed E-state index contributed by atoms with van der Waals surface area (Å²) in [6.45, 7) is 2.58. The third kappa shape index (κ3) is 1.53. The van der Waals surface area contributed by atoms with Gasteiger partial charge in [-0.1, -0.05) is 39.4 Å². The van der Waals surface area contributed by atoms with Gasteiger partial charge in [-0.2, -0.15) is 0 Å². The van der Waals surface area contributed by atoms with E-state index in [4.69, 9.17) is 8.22 Å². The van der Waals surface area contributed by atoms with Crippen LogP contribution < -0.4 is 0 Å². The Labute approximate surface area is 73.4 Å². The highest BCUT2D eigenvalue weighted by Gasteiger charge is 2.30. The predicted octanol–water partition coefficient (Wildman–Crippen LogP) is 3.76. The highest BCUT2D eigenvalue weighted by Crippen LogP contribution is 2.44. The zero-order valence-corrected chi connectivity index (χ0v) is 6.83. The first-order chi connectivity index (χ1) is 6.96. The molecule has 0 nitrogen and oxygen atoms in total. The molecule has 0 aliphatic heterocycles. The Bertz CT molecular complexity index is 253. The van der Waals surface area contributed by atoms with Gasteiger partial charge >= 0.3 is 0 Å². The first-order valence-electron chi connectivity index (χ1n) is 6.96. The minimum Gasteiger partial charge on any atom is -0.0654 e. The summed E-state index contributed by atoms with van der Waals surface area (Å²) in [5, 5.41) is 0. The van der Waals surface area contributed by atoms with Gasteiger partial charge in [-0.3, -0.25) is 0 Å². The minimum absolute atomic E-state index is 0.427. The van der Waals surface area contributed by atoms with E-state index in [1.807, 2.05) is 0 Å². The van der Waals surface area contributed by atoms with Gasteiger partial charge in [0.15, 0.2) is 0 Å². The lowest BCUT2D eigenvalue weighted by molar-refractivity contribution is 0.257. The Balaban J connectivity index is 3.23. The van der Waals surface area contributed by atoms with Crippen LogP contribution in [0.1, 0.15) is 66.9 Å². The smallest absolute Gasteiger partial charge is 0.0272 e. The van der Waals surface area contributed by atoms with Gasteiger partial charge in [0.2, 0.25) is 0 Å². The zero-order chi connectivity index (χ0) is 12.8. The van der Waals surface area contributed by atoms with E-state index in [2.05, 4.69) is 0 Å². The van der Waals surface area contributed by atoms with Crippen LogP contribution in [0.25, 0.3) is 0 Å². The molecule has 1 aliphatic rings. The van der Waals surface area contributed by atoms with Gasteiger partial charge in [0, 0.05) is 8.22 Å². The summed E-state index contributed by atoms with van der Waals surface area (Å²) < 4.78 is 47.1. The molecule has 0 saturated heterocycles. The van der Waals surface area contributed by atoms with Gasteiger partial charge in [-0.15, -0.1) is 0 Å². The molecule has 1 aliphatic carbocycles. The van der Waals surface area contributed by atoms with E-state index < -0.39 is 24.5 Å². The van der Waals surface area contributed by atoms with Crippen LogP contribution in [0.5, 0.6) is 0 Å². The Kier molecular flexibility index (Phi) is 1.08. The van der Waals surface area contributed by atoms with Gasteiger partial charge in [0.25, 0.3) is 0 Å².